The van der Waals surface area contributed by atoms with Crippen LogP contribution in [0.1, 0.15) is 11.1 Å². The monoisotopic (exact) mass is 328 g/mol. The summed E-state index contributed by atoms with van der Waals surface area (Å²) in [6.45, 7) is 3.59. The summed E-state index contributed by atoms with van der Waals surface area (Å²) in [5, 5.41) is 9.62. The minimum Gasteiger partial charge on any atom is -0.492 e. The van der Waals surface area contributed by atoms with Gasteiger partial charge in [0.15, 0.2) is 0 Å². The predicted molar refractivity (Wildman–Crippen MR) is 71.5 cm³/mol. The fourth-order valence-corrected chi connectivity index (χ4v) is 2.02. The highest BCUT2D eigenvalue weighted by Crippen LogP contribution is 2.25. The van der Waals surface area contributed by atoms with Crippen molar-refractivity contribution in [3.63, 3.8) is 0 Å². The molecule has 0 saturated carbocycles. The quantitative estimate of drug-likeness (QED) is 0.837. The molecule has 0 spiro atoms. The Morgan fingerprint density at radius 1 is 1.26 bits per heavy atom. The SMILES string of the molecule is Cc1cc(-n2c(O)c(F)c(=O)[nH]c2=O)cc(C)c1Br. The second kappa shape index (κ2) is 4.65. The zero-order valence-electron chi connectivity index (χ0n) is 10.1. The fraction of sp³-hybridized carbons (Fsp3) is 0.167. The maximum absolute atomic E-state index is 13.4. The van der Waals surface area contributed by atoms with Crippen molar-refractivity contribution in [3.05, 3.63) is 54.4 Å². The third kappa shape index (κ3) is 2.21. The molecule has 2 aromatic rings. The first kappa shape index (κ1) is 13.5. The number of benzene rings is 1. The van der Waals surface area contributed by atoms with Crippen LogP contribution in [0, 0.1) is 19.7 Å². The highest BCUT2D eigenvalue weighted by atomic mass is 79.9. The average molecular weight is 329 g/mol. The summed E-state index contributed by atoms with van der Waals surface area (Å²) in [4.78, 5) is 24.5. The van der Waals surface area contributed by atoms with Crippen molar-refractivity contribution in [1.29, 1.82) is 0 Å². The number of hydrogen-bond donors (Lipinski definition) is 2. The van der Waals surface area contributed by atoms with E-state index in [0.717, 1.165) is 15.6 Å². The molecule has 0 aliphatic rings. The van der Waals surface area contributed by atoms with Gasteiger partial charge in [-0.1, -0.05) is 15.9 Å². The van der Waals surface area contributed by atoms with Gasteiger partial charge in [0.1, 0.15) is 0 Å². The molecule has 0 saturated heterocycles. The Labute approximate surface area is 115 Å². The lowest BCUT2D eigenvalue weighted by Crippen LogP contribution is -2.31. The van der Waals surface area contributed by atoms with Gasteiger partial charge in [0.25, 0.3) is 5.56 Å². The van der Waals surface area contributed by atoms with Crippen LogP contribution in [-0.4, -0.2) is 14.7 Å². The van der Waals surface area contributed by atoms with Crippen molar-refractivity contribution in [3.8, 4) is 11.6 Å². The minimum absolute atomic E-state index is 0.274. The number of nitrogens with zero attached hydrogens (tertiary/aromatic N) is 1. The van der Waals surface area contributed by atoms with Crippen LogP contribution in [0.15, 0.2) is 26.2 Å². The van der Waals surface area contributed by atoms with E-state index in [2.05, 4.69) is 15.9 Å². The Hall–Kier alpha value is -1.89. The van der Waals surface area contributed by atoms with Crippen LogP contribution >= 0.6 is 15.9 Å². The lowest BCUT2D eigenvalue weighted by Gasteiger charge is -2.11. The topological polar surface area (TPSA) is 75.1 Å². The second-order valence-corrected chi connectivity index (χ2v) is 4.92. The molecule has 2 rings (SSSR count). The van der Waals surface area contributed by atoms with Gasteiger partial charge in [-0.3, -0.25) is 9.78 Å². The van der Waals surface area contributed by atoms with Gasteiger partial charge < -0.3 is 5.11 Å². The van der Waals surface area contributed by atoms with E-state index < -0.39 is 22.9 Å². The van der Waals surface area contributed by atoms with Crippen LogP contribution in [-0.2, 0) is 0 Å². The molecule has 100 valence electrons. The third-order valence-electron chi connectivity index (χ3n) is 2.71. The highest BCUT2D eigenvalue weighted by Gasteiger charge is 2.16. The Balaban J connectivity index is 2.84. The molecule has 0 aliphatic carbocycles. The van der Waals surface area contributed by atoms with Crippen LogP contribution in [0.25, 0.3) is 5.69 Å². The first-order chi connectivity index (χ1) is 8.82. The first-order valence-electron chi connectivity index (χ1n) is 5.34. The highest BCUT2D eigenvalue weighted by molar-refractivity contribution is 9.10. The van der Waals surface area contributed by atoms with Gasteiger partial charge in [-0.2, -0.15) is 4.39 Å². The average Bonchev–Trinajstić information content (AvgIpc) is 2.33. The zero-order valence-corrected chi connectivity index (χ0v) is 11.7. The van der Waals surface area contributed by atoms with Gasteiger partial charge in [0.05, 0.1) is 5.69 Å². The number of aryl methyl sites for hydroxylation is 2. The summed E-state index contributed by atoms with van der Waals surface area (Å²) < 4.78 is 14.9. The van der Waals surface area contributed by atoms with E-state index in [0.29, 0.717) is 4.57 Å². The maximum atomic E-state index is 13.4. The molecule has 1 aromatic carbocycles. The summed E-state index contributed by atoms with van der Waals surface area (Å²) in [5.41, 5.74) is -0.244. The summed E-state index contributed by atoms with van der Waals surface area (Å²) >= 11 is 3.37. The van der Waals surface area contributed by atoms with Gasteiger partial charge in [0, 0.05) is 4.47 Å². The van der Waals surface area contributed by atoms with Crippen molar-refractivity contribution in [2.24, 2.45) is 0 Å². The Bertz CT molecular complexity index is 757. The van der Waals surface area contributed by atoms with E-state index in [9.17, 15) is 19.1 Å². The van der Waals surface area contributed by atoms with Gasteiger partial charge in [-0.05, 0) is 37.1 Å². The number of nitrogens with one attached hydrogen (secondary N) is 1. The number of aromatic hydroxyl groups is 1. The molecular weight excluding hydrogens is 319 g/mol. The number of rotatable bonds is 1. The molecule has 1 heterocycles. The van der Waals surface area contributed by atoms with Crippen LogP contribution < -0.4 is 11.2 Å². The summed E-state index contributed by atoms with van der Waals surface area (Å²) in [5.74, 6) is -2.40. The third-order valence-corrected chi connectivity index (χ3v) is 3.96. The first-order valence-corrected chi connectivity index (χ1v) is 6.13. The standard InChI is InChI=1S/C12H10BrFN2O3/c1-5-3-7(4-6(2)8(5)13)16-11(18)9(14)10(17)15-12(16)19/h3-4,18H,1-2H3,(H,15,17,19). The molecule has 19 heavy (non-hydrogen) atoms. The predicted octanol–water partition coefficient (Wildman–Crippen LogP) is 1.75. The van der Waals surface area contributed by atoms with E-state index in [-0.39, 0.29) is 5.69 Å². The zero-order chi connectivity index (χ0) is 14.3. The largest absolute Gasteiger partial charge is 0.492 e. The van der Waals surface area contributed by atoms with Crippen LogP contribution in [0.2, 0.25) is 0 Å². The van der Waals surface area contributed by atoms with E-state index in [1.54, 1.807) is 31.0 Å². The molecule has 5 nitrogen and oxygen atoms in total. The minimum atomic E-state index is -1.39. The van der Waals surface area contributed by atoms with Crippen molar-refractivity contribution in [2.75, 3.05) is 0 Å². The summed E-state index contributed by atoms with van der Waals surface area (Å²) in [7, 11) is 0. The lowest BCUT2D eigenvalue weighted by molar-refractivity contribution is 0.386. The lowest BCUT2D eigenvalue weighted by atomic mass is 10.1. The number of aromatic amines is 1. The van der Waals surface area contributed by atoms with Crippen LogP contribution in [0.5, 0.6) is 5.88 Å². The van der Waals surface area contributed by atoms with E-state index in [1.165, 1.54) is 0 Å². The molecule has 1 aromatic heterocycles. The van der Waals surface area contributed by atoms with Crippen LogP contribution in [0.3, 0.4) is 0 Å². The Morgan fingerprint density at radius 3 is 2.32 bits per heavy atom. The van der Waals surface area contributed by atoms with Crippen molar-refractivity contribution in [1.82, 2.24) is 9.55 Å². The molecular formula is C12H10BrFN2O3. The second-order valence-electron chi connectivity index (χ2n) is 4.13. The number of H-pyrrole nitrogens is 1. The molecule has 0 fully saturated rings. The van der Waals surface area contributed by atoms with E-state index in [1.807, 2.05) is 0 Å². The number of aromatic nitrogens is 2. The van der Waals surface area contributed by atoms with Gasteiger partial charge in [-0.15, -0.1) is 0 Å². The Kier molecular flexibility index (Phi) is 3.32. The fourth-order valence-electron chi connectivity index (χ4n) is 1.80. The number of halogens is 2. The molecule has 0 atom stereocenters. The Morgan fingerprint density at radius 2 is 1.79 bits per heavy atom. The molecule has 0 unspecified atom stereocenters. The number of hydrogen-bond acceptors (Lipinski definition) is 3. The van der Waals surface area contributed by atoms with Gasteiger partial charge >= 0.3 is 5.69 Å². The molecule has 2 N–H and O–H groups in total. The van der Waals surface area contributed by atoms with Crippen LogP contribution in [0.4, 0.5) is 4.39 Å². The van der Waals surface area contributed by atoms with Crippen molar-refractivity contribution in [2.45, 2.75) is 13.8 Å². The summed E-state index contributed by atoms with van der Waals surface area (Å²) in [6.07, 6.45) is 0. The maximum Gasteiger partial charge on any atom is 0.335 e. The van der Waals surface area contributed by atoms with Gasteiger partial charge in [-0.25, -0.2) is 9.36 Å². The molecule has 0 radical (unpaired) electrons. The molecule has 7 heteroatoms. The molecule has 0 bridgehead atoms. The van der Waals surface area contributed by atoms with Crippen molar-refractivity contribution < 1.29 is 9.50 Å². The normalized spacial score (nSPS) is 10.7. The molecule has 0 amide bonds. The molecule has 0 aliphatic heterocycles. The summed E-state index contributed by atoms with van der Waals surface area (Å²) in [6, 6.07) is 3.19. The van der Waals surface area contributed by atoms with E-state index >= 15 is 0 Å². The van der Waals surface area contributed by atoms with Crippen molar-refractivity contribution >= 4 is 15.9 Å². The van der Waals surface area contributed by atoms with Gasteiger partial charge in [0.2, 0.25) is 11.7 Å². The smallest absolute Gasteiger partial charge is 0.335 e. The van der Waals surface area contributed by atoms with E-state index in [4.69, 9.17) is 0 Å².